The van der Waals surface area contributed by atoms with Crippen molar-refractivity contribution in [1.29, 1.82) is 0 Å². The smallest absolute Gasteiger partial charge is 0.182 e. The molecular formula is C8H17NO3. The van der Waals surface area contributed by atoms with E-state index in [0.29, 0.717) is 0 Å². The highest BCUT2D eigenvalue weighted by Crippen LogP contribution is 2.21. The van der Waals surface area contributed by atoms with Gasteiger partial charge in [-0.3, -0.25) is 0 Å². The van der Waals surface area contributed by atoms with Crippen molar-refractivity contribution in [2.24, 2.45) is 0 Å². The van der Waals surface area contributed by atoms with E-state index in [9.17, 15) is 10.2 Å². The molecule has 4 heteroatoms. The van der Waals surface area contributed by atoms with Crippen molar-refractivity contribution in [3.8, 4) is 0 Å². The van der Waals surface area contributed by atoms with E-state index >= 15 is 0 Å². The molecule has 1 aliphatic heterocycles. The largest absolute Gasteiger partial charge is 0.386 e. The van der Waals surface area contributed by atoms with Gasteiger partial charge in [0.05, 0.1) is 6.10 Å². The van der Waals surface area contributed by atoms with Gasteiger partial charge in [0.15, 0.2) is 6.29 Å². The highest BCUT2D eigenvalue weighted by atomic mass is 16.6. The molecule has 0 saturated carbocycles. The summed E-state index contributed by atoms with van der Waals surface area (Å²) in [7, 11) is 3.78. The zero-order chi connectivity index (χ0) is 9.30. The van der Waals surface area contributed by atoms with Crippen LogP contribution in [0.4, 0.5) is 0 Å². The third kappa shape index (κ3) is 1.95. The Bertz CT molecular complexity index is 151. The Morgan fingerprint density at radius 2 is 1.92 bits per heavy atom. The zero-order valence-corrected chi connectivity index (χ0v) is 7.77. The molecule has 72 valence electrons. The molecule has 0 aromatic heterocycles. The summed E-state index contributed by atoms with van der Waals surface area (Å²) in [6, 6.07) is -0.0104. The molecule has 0 spiro atoms. The van der Waals surface area contributed by atoms with E-state index in [2.05, 4.69) is 0 Å². The van der Waals surface area contributed by atoms with Crippen molar-refractivity contribution in [3.05, 3.63) is 0 Å². The monoisotopic (exact) mass is 175 g/mol. The fraction of sp³-hybridized carbons (Fsp3) is 1.00. The second-order valence-corrected chi connectivity index (χ2v) is 3.59. The minimum Gasteiger partial charge on any atom is -0.386 e. The molecule has 12 heavy (non-hydrogen) atoms. The first-order valence-corrected chi connectivity index (χ1v) is 4.20. The molecule has 1 fully saturated rings. The van der Waals surface area contributed by atoms with Gasteiger partial charge in [0, 0.05) is 6.04 Å². The number of nitrogens with zero attached hydrogens (tertiary/aromatic N) is 1. The molecule has 4 atom stereocenters. The fourth-order valence-electron chi connectivity index (χ4n) is 1.56. The topological polar surface area (TPSA) is 52.9 Å². The quantitative estimate of drug-likeness (QED) is 0.559. The molecule has 0 radical (unpaired) electrons. The van der Waals surface area contributed by atoms with E-state index in [1.54, 1.807) is 0 Å². The number of hydrogen-bond donors (Lipinski definition) is 2. The van der Waals surface area contributed by atoms with Crippen LogP contribution in [0.5, 0.6) is 0 Å². The summed E-state index contributed by atoms with van der Waals surface area (Å²) in [5, 5.41) is 18.8. The fourth-order valence-corrected chi connectivity index (χ4v) is 1.56. The first-order chi connectivity index (χ1) is 5.52. The third-order valence-electron chi connectivity index (χ3n) is 2.29. The molecule has 0 amide bonds. The molecule has 0 aliphatic carbocycles. The predicted molar refractivity (Wildman–Crippen MR) is 44.7 cm³/mol. The SMILES string of the molecule is CC1CC(N(C)C)[C@@H](O)[C@H](O)O1. The lowest BCUT2D eigenvalue weighted by Crippen LogP contribution is -2.53. The number of hydrogen-bond acceptors (Lipinski definition) is 4. The summed E-state index contributed by atoms with van der Waals surface area (Å²) < 4.78 is 5.06. The summed E-state index contributed by atoms with van der Waals surface area (Å²) >= 11 is 0. The van der Waals surface area contributed by atoms with Gasteiger partial charge in [0.1, 0.15) is 6.10 Å². The Labute approximate surface area is 72.7 Å². The van der Waals surface area contributed by atoms with Gasteiger partial charge in [-0.15, -0.1) is 0 Å². The minimum absolute atomic E-state index is 0.01000. The van der Waals surface area contributed by atoms with Crippen molar-refractivity contribution in [2.75, 3.05) is 14.1 Å². The van der Waals surface area contributed by atoms with E-state index in [1.807, 2.05) is 25.9 Å². The van der Waals surface area contributed by atoms with Crippen LogP contribution in [0.25, 0.3) is 0 Å². The lowest BCUT2D eigenvalue weighted by molar-refractivity contribution is -0.230. The van der Waals surface area contributed by atoms with Crippen molar-refractivity contribution >= 4 is 0 Å². The number of ether oxygens (including phenoxy) is 1. The van der Waals surface area contributed by atoms with E-state index < -0.39 is 12.4 Å². The van der Waals surface area contributed by atoms with Crippen LogP contribution in [0, 0.1) is 0 Å². The normalized spacial score (nSPS) is 43.5. The number of likely N-dealkylation sites (N-methyl/N-ethyl adjacent to an activating group) is 1. The molecule has 0 aromatic rings. The lowest BCUT2D eigenvalue weighted by atomic mass is 9.99. The Morgan fingerprint density at radius 3 is 2.42 bits per heavy atom. The van der Waals surface area contributed by atoms with Crippen LogP contribution < -0.4 is 0 Å². The number of aliphatic hydroxyl groups excluding tert-OH is 2. The highest BCUT2D eigenvalue weighted by Gasteiger charge is 2.35. The van der Waals surface area contributed by atoms with Crippen LogP contribution in [-0.2, 0) is 4.74 Å². The second kappa shape index (κ2) is 3.70. The average Bonchev–Trinajstić information content (AvgIpc) is 1.96. The summed E-state index contributed by atoms with van der Waals surface area (Å²) in [6.07, 6.45) is -1.07. The van der Waals surface area contributed by atoms with Crippen molar-refractivity contribution in [2.45, 2.75) is 37.9 Å². The van der Waals surface area contributed by atoms with Crippen LogP contribution in [0.15, 0.2) is 0 Å². The zero-order valence-electron chi connectivity index (χ0n) is 7.77. The van der Waals surface area contributed by atoms with Gasteiger partial charge in [0.2, 0.25) is 0 Å². The van der Waals surface area contributed by atoms with Crippen LogP contribution in [0.3, 0.4) is 0 Å². The summed E-state index contributed by atoms with van der Waals surface area (Å²) in [5.41, 5.74) is 0. The molecule has 1 rings (SSSR count). The molecule has 1 heterocycles. The van der Waals surface area contributed by atoms with E-state index in [4.69, 9.17) is 4.74 Å². The Balaban J connectivity index is 2.60. The van der Waals surface area contributed by atoms with Gasteiger partial charge in [-0.1, -0.05) is 0 Å². The van der Waals surface area contributed by atoms with Crippen LogP contribution >= 0.6 is 0 Å². The van der Waals surface area contributed by atoms with E-state index in [0.717, 1.165) is 6.42 Å². The Kier molecular flexibility index (Phi) is 3.06. The molecule has 0 aromatic carbocycles. The molecule has 1 saturated heterocycles. The molecular weight excluding hydrogens is 158 g/mol. The van der Waals surface area contributed by atoms with E-state index in [-0.39, 0.29) is 12.1 Å². The van der Waals surface area contributed by atoms with Gasteiger partial charge in [-0.25, -0.2) is 0 Å². The summed E-state index contributed by atoms with van der Waals surface area (Å²) in [4.78, 5) is 1.91. The van der Waals surface area contributed by atoms with Gasteiger partial charge in [-0.2, -0.15) is 0 Å². The van der Waals surface area contributed by atoms with Crippen molar-refractivity contribution < 1.29 is 14.9 Å². The first-order valence-electron chi connectivity index (χ1n) is 4.20. The first kappa shape index (κ1) is 9.92. The van der Waals surface area contributed by atoms with Gasteiger partial charge in [0.25, 0.3) is 0 Å². The maximum Gasteiger partial charge on any atom is 0.182 e. The minimum atomic E-state index is -1.04. The maximum atomic E-state index is 9.51. The maximum absolute atomic E-state index is 9.51. The Morgan fingerprint density at radius 1 is 1.33 bits per heavy atom. The molecule has 4 nitrogen and oxygen atoms in total. The van der Waals surface area contributed by atoms with Crippen molar-refractivity contribution in [1.82, 2.24) is 4.90 Å². The molecule has 2 N–H and O–H groups in total. The standard InChI is InChI=1S/C8H17NO3/c1-5-4-6(9(2)3)7(10)8(11)12-5/h5-8,10-11H,4H2,1-3H3/t5?,6?,7-,8-/m1/s1. The number of rotatable bonds is 1. The van der Waals surface area contributed by atoms with Gasteiger partial charge < -0.3 is 19.8 Å². The van der Waals surface area contributed by atoms with Crippen LogP contribution in [0.1, 0.15) is 13.3 Å². The molecule has 1 aliphatic rings. The summed E-state index contributed by atoms with van der Waals surface area (Å²) in [6.45, 7) is 1.89. The third-order valence-corrected chi connectivity index (χ3v) is 2.29. The molecule has 2 unspecified atom stereocenters. The van der Waals surface area contributed by atoms with Crippen LogP contribution in [0.2, 0.25) is 0 Å². The van der Waals surface area contributed by atoms with Gasteiger partial charge >= 0.3 is 0 Å². The average molecular weight is 175 g/mol. The Hall–Kier alpha value is -0.160. The van der Waals surface area contributed by atoms with Crippen molar-refractivity contribution in [3.63, 3.8) is 0 Å². The lowest BCUT2D eigenvalue weighted by Gasteiger charge is -2.38. The van der Waals surface area contributed by atoms with E-state index in [1.165, 1.54) is 0 Å². The second-order valence-electron chi connectivity index (χ2n) is 3.59. The van der Waals surface area contributed by atoms with Crippen LogP contribution in [-0.4, -0.2) is 53.7 Å². The molecule has 0 bridgehead atoms. The number of aliphatic hydroxyl groups is 2. The van der Waals surface area contributed by atoms with Gasteiger partial charge in [-0.05, 0) is 27.4 Å². The predicted octanol–water partition coefficient (Wildman–Crippen LogP) is -0.595. The summed E-state index contributed by atoms with van der Waals surface area (Å²) in [5.74, 6) is 0. The highest BCUT2D eigenvalue weighted by molar-refractivity contribution is 4.84.